The van der Waals surface area contributed by atoms with Crippen molar-refractivity contribution in [3.8, 4) is 0 Å². The largest absolute Gasteiger partial charge is 0.481 e. The molecule has 2 atom stereocenters. The van der Waals surface area contributed by atoms with Crippen LogP contribution in [0.5, 0.6) is 0 Å². The molecule has 1 heterocycles. The fourth-order valence-electron chi connectivity index (χ4n) is 2.13. The van der Waals surface area contributed by atoms with Crippen molar-refractivity contribution in [2.75, 3.05) is 20.1 Å². The van der Waals surface area contributed by atoms with Crippen molar-refractivity contribution in [1.29, 1.82) is 0 Å². The molecule has 0 radical (unpaired) electrons. The quantitative estimate of drug-likeness (QED) is 0.714. The van der Waals surface area contributed by atoms with Gasteiger partial charge in [0.1, 0.15) is 0 Å². The number of hydrogen-bond acceptors (Lipinski definition) is 3. The van der Waals surface area contributed by atoms with Gasteiger partial charge in [-0.05, 0) is 13.3 Å². The highest BCUT2D eigenvalue weighted by Gasteiger charge is 2.35. The monoisotopic (exact) mass is 240 g/mol. The second-order valence-electron chi connectivity index (χ2n) is 4.49. The van der Waals surface area contributed by atoms with E-state index in [1.807, 2.05) is 11.8 Å². The number of likely N-dealkylation sites (N-methyl/N-ethyl adjacent to an activating group) is 1. The van der Waals surface area contributed by atoms with Gasteiger partial charge in [0.2, 0.25) is 5.91 Å². The number of amides is 1. The van der Waals surface area contributed by atoms with E-state index < -0.39 is 5.97 Å². The molecule has 1 rings (SSSR count). The Morgan fingerprint density at radius 2 is 2.29 bits per heavy atom. The Morgan fingerprint density at radius 1 is 1.65 bits per heavy atom. The molecule has 0 bridgehead atoms. The minimum absolute atomic E-state index is 0.00634. The summed E-state index contributed by atoms with van der Waals surface area (Å²) in [6.07, 6.45) is 2.13. The molecule has 17 heavy (non-hydrogen) atoms. The first-order valence-electron chi connectivity index (χ1n) is 5.80. The Balaban J connectivity index is 2.74. The van der Waals surface area contributed by atoms with Gasteiger partial charge < -0.3 is 10.0 Å². The summed E-state index contributed by atoms with van der Waals surface area (Å²) in [5.74, 6) is -0.857. The van der Waals surface area contributed by atoms with Crippen molar-refractivity contribution in [3.05, 3.63) is 12.7 Å². The van der Waals surface area contributed by atoms with E-state index in [0.29, 0.717) is 13.0 Å². The molecule has 5 heteroatoms. The Hall–Kier alpha value is -1.36. The molecule has 5 nitrogen and oxygen atoms in total. The van der Waals surface area contributed by atoms with E-state index in [1.54, 1.807) is 18.0 Å². The first kappa shape index (κ1) is 13.7. The first-order valence-corrected chi connectivity index (χ1v) is 5.80. The van der Waals surface area contributed by atoms with E-state index in [4.69, 9.17) is 5.11 Å². The minimum atomic E-state index is -0.863. The molecule has 0 aliphatic carbocycles. The molecule has 1 amide bonds. The summed E-state index contributed by atoms with van der Waals surface area (Å²) in [6, 6.07) is -0.172. The highest BCUT2D eigenvalue weighted by Crippen LogP contribution is 2.18. The summed E-state index contributed by atoms with van der Waals surface area (Å²) < 4.78 is 0. The van der Waals surface area contributed by atoms with Gasteiger partial charge in [0.25, 0.3) is 0 Å². The summed E-state index contributed by atoms with van der Waals surface area (Å²) >= 11 is 0. The third-order valence-electron chi connectivity index (χ3n) is 3.23. The van der Waals surface area contributed by atoms with E-state index in [1.165, 1.54) is 0 Å². The standard InChI is InChI=1S/C12H20N2O3/c1-4-7-14-8-9(2)13(3)12(17)10(14)5-6-11(15)16/h4,9-10H,1,5-8H2,2-3H3,(H,15,16). The zero-order valence-electron chi connectivity index (χ0n) is 10.4. The molecular formula is C12H20N2O3. The summed E-state index contributed by atoms with van der Waals surface area (Å²) in [4.78, 5) is 26.4. The van der Waals surface area contributed by atoms with Crippen molar-refractivity contribution in [2.24, 2.45) is 0 Å². The molecule has 0 aromatic carbocycles. The van der Waals surface area contributed by atoms with Gasteiger partial charge in [-0.15, -0.1) is 6.58 Å². The maximum Gasteiger partial charge on any atom is 0.303 e. The topological polar surface area (TPSA) is 60.9 Å². The molecule has 1 saturated heterocycles. The predicted molar refractivity (Wildman–Crippen MR) is 64.7 cm³/mol. The number of carboxylic acids is 1. The number of nitrogens with zero attached hydrogens (tertiary/aromatic N) is 2. The van der Waals surface area contributed by atoms with Gasteiger partial charge in [-0.2, -0.15) is 0 Å². The van der Waals surface area contributed by atoms with Crippen LogP contribution in [0.3, 0.4) is 0 Å². The number of carboxylic acid groups (broad SMARTS) is 1. The van der Waals surface area contributed by atoms with Gasteiger partial charge in [0.05, 0.1) is 6.04 Å². The van der Waals surface area contributed by atoms with Crippen LogP contribution in [0.4, 0.5) is 0 Å². The molecule has 0 aromatic heterocycles. The molecule has 96 valence electrons. The van der Waals surface area contributed by atoms with E-state index >= 15 is 0 Å². The summed E-state index contributed by atoms with van der Waals surface area (Å²) in [5.41, 5.74) is 0. The van der Waals surface area contributed by atoms with Crippen LogP contribution in [-0.2, 0) is 9.59 Å². The lowest BCUT2D eigenvalue weighted by Gasteiger charge is -2.42. The second-order valence-corrected chi connectivity index (χ2v) is 4.49. The van der Waals surface area contributed by atoms with Crippen molar-refractivity contribution >= 4 is 11.9 Å². The maximum absolute atomic E-state index is 12.1. The Bertz CT molecular complexity index is 317. The number of hydrogen-bond donors (Lipinski definition) is 1. The van der Waals surface area contributed by atoms with Gasteiger partial charge in [-0.1, -0.05) is 6.08 Å². The molecule has 0 aromatic rings. The van der Waals surface area contributed by atoms with Crippen molar-refractivity contribution in [3.63, 3.8) is 0 Å². The third-order valence-corrected chi connectivity index (χ3v) is 3.23. The fourth-order valence-corrected chi connectivity index (χ4v) is 2.13. The van der Waals surface area contributed by atoms with Gasteiger partial charge in [-0.25, -0.2) is 0 Å². The van der Waals surface area contributed by atoms with E-state index in [2.05, 4.69) is 6.58 Å². The molecule has 2 unspecified atom stereocenters. The van der Waals surface area contributed by atoms with Gasteiger partial charge in [-0.3, -0.25) is 14.5 Å². The van der Waals surface area contributed by atoms with Crippen LogP contribution in [0, 0.1) is 0 Å². The van der Waals surface area contributed by atoms with Crippen molar-refractivity contribution < 1.29 is 14.7 Å². The minimum Gasteiger partial charge on any atom is -0.481 e. The van der Waals surface area contributed by atoms with E-state index in [9.17, 15) is 9.59 Å². The second kappa shape index (κ2) is 5.82. The predicted octanol–water partition coefficient (Wildman–Crippen LogP) is 0.568. The maximum atomic E-state index is 12.1. The number of piperazine rings is 1. The number of carbonyl (C=O) groups excluding carboxylic acids is 1. The molecule has 0 spiro atoms. The van der Waals surface area contributed by atoms with Crippen molar-refractivity contribution in [1.82, 2.24) is 9.80 Å². The van der Waals surface area contributed by atoms with Crippen LogP contribution in [0.2, 0.25) is 0 Å². The summed E-state index contributed by atoms with van der Waals surface area (Å²) in [6.45, 7) is 7.04. The number of rotatable bonds is 5. The van der Waals surface area contributed by atoms with Gasteiger partial charge in [0, 0.05) is 32.6 Å². The molecule has 1 fully saturated rings. The van der Waals surface area contributed by atoms with Crippen molar-refractivity contribution in [2.45, 2.75) is 31.8 Å². The van der Waals surface area contributed by atoms with Crippen LogP contribution in [0.25, 0.3) is 0 Å². The highest BCUT2D eigenvalue weighted by molar-refractivity contribution is 5.83. The zero-order chi connectivity index (χ0) is 13.0. The highest BCUT2D eigenvalue weighted by atomic mass is 16.4. The first-order chi connectivity index (χ1) is 7.97. The lowest BCUT2D eigenvalue weighted by atomic mass is 10.0. The SMILES string of the molecule is C=CCN1CC(C)N(C)C(=O)C1CCC(=O)O. The Kier molecular flexibility index (Phi) is 4.69. The summed E-state index contributed by atoms with van der Waals surface area (Å²) in [7, 11) is 1.77. The lowest BCUT2D eigenvalue weighted by molar-refractivity contribution is -0.144. The Morgan fingerprint density at radius 3 is 2.82 bits per heavy atom. The van der Waals surface area contributed by atoms with E-state index in [-0.39, 0.29) is 24.4 Å². The average molecular weight is 240 g/mol. The molecule has 0 saturated carbocycles. The fraction of sp³-hybridized carbons (Fsp3) is 0.667. The van der Waals surface area contributed by atoms with Crippen LogP contribution >= 0.6 is 0 Å². The van der Waals surface area contributed by atoms with Crippen LogP contribution in [-0.4, -0.2) is 59.0 Å². The van der Waals surface area contributed by atoms with E-state index in [0.717, 1.165) is 6.54 Å². The smallest absolute Gasteiger partial charge is 0.303 e. The average Bonchev–Trinajstić information content (AvgIpc) is 2.26. The third kappa shape index (κ3) is 3.30. The number of carbonyl (C=O) groups is 2. The molecule has 1 aliphatic rings. The molecular weight excluding hydrogens is 220 g/mol. The van der Waals surface area contributed by atoms with Gasteiger partial charge >= 0.3 is 5.97 Å². The summed E-state index contributed by atoms with van der Waals surface area (Å²) in [5, 5.41) is 8.70. The van der Waals surface area contributed by atoms with Crippen LogP contribution in [0.15, 0.2) is 12.7 Å². The number of aliphatic carboxylic acids is 1. The zero-order valence-corrected chi connectivity index (χ0v) is 10.4. The van der Waals surface area contributed by atoms with Crippen LogP contribution < -0.4 is 0 Å². The molecule has 1 aliphatic heterocycles. The van der Waals surface area contributed by atoms with Crippen LogP contribution in [0.1, 0.15) is 19.8 Å². The Labute approximate surface area is 102 Å². The lowest BCUT2D eigenvalue weighted by Crippen LogP contribution is -2.59. The normalized spacial score (nSPS) is 26.0. The van der Waals surface area contributed by atoms with Gasteiger partial charge in [0.15, 0.2) is 0 Å². The molecule has 1 N–H and O–H groups in total.